The first-order chi connectivity index (χ1) is 7.64. The van der Waals surface area contributed by atoms with E-state index in [9.17, 15) is 4.79 Å². The van der Waals surface area contributed by atoms with Crippen LogP contribution < -0.4 is 5.32 Å². The zero-order valence-corrected chi connectivity index (χ0v) is 11.4. The number of hydrogen-bond donors (Lipinski definition) is 1. The van der Waals surface area contributed by atoms with E-state index in [-0.39, 0.29) is 0 Å². The zero-order chi connectivity index (χ0) is 12.4. The molecule has 0 aliphatic rings. The van der Waals surface area contributed by atoms with Crippen molar-refractivity contribution in [3.8, 4) is 0 Å². The van der Waals surface area contributed by atoms with E-state index in [1.54, 1.807) is 14.2 Å². The first-order valence-corrected chi connectivity index (χ1v) is 7.13. The van der Waals surface area contributed by atoms with Crippen LogP contribution in [-0.2, 0) is 18.0 Å². The van der Waals surface area contributed by atoms with E-state index >= 15 is 0 Å². The number of hydrogen-bond acceptors (Lipinski definition) is 5. The Balaban J connectivity index is 3.88. The first kappa shape index (κ1) is 15.4. The van der Waals surface area contributed by atoms with Crippen LogP contribution in [0.4, 0.5) is 4.79 Å². The molecule has 0 atom stereocenters. The highest BCUT2D eigenvalue weighted by Gasteiger charge is 2.37. The van der Waals surface area contributed by atoms with Gasteiger partial charge in [0.05, 0.1) is 7.11 Å². The van der Waals surface area contributed by atoms with Gasteiger partial charge in [0.15, 0.2) is 0 Å². The Morgan fingerprint density at radius 3 is 2.31 bits per heavy atom. The van der Waals surface area contributed by atoms with Crippen LogP contribution in [0.5, 0.6) is 0 Å². The van der Waals surface area contributed by atoms with Gasteiger partial charge >= 0.3 is 14.9 Å². The van der Waals surface area contributed by atoms with Crippen LogP contribution in [0.15, 0.2) is 0 Å². The molecule has 96 valence electrons. The summed E-state index contributed by atoms with van der Waals surface area (Å²) in [4.78, 5) is 10.8. The van der Waals surface area contributed by atoms with Crippen molar-refractivity contribution in [3.63, 3.8) is 0 Å². The molecule has 0 bridgehead atoms. The molecular formula is C9H21NO5Si. The van der Waals surface area contributed by atoms with Crippen LogP contribution in [0, 0.1) is 0 Å². The molecule has 0 spiro atoms. The van der Waals surface area contributed by atoms with E-state index in [1.165, 1.54) is 7.11 Å². The van der Waals surface area contributed by atoms with Gasteiger partial charge in [0.25, 0.3) is 0 Å². The van der Waals surface area contributed by atoms with Gasteiger partial charge in [-0.2, -0.15) is 0 Å². The van der Waals surface area contributed by atoms with Crippen LogP contribution in [0.25, 0.3) is 0 Å². The van der Waals surface area contributed by atoms with Crippen LogP contribution in [0.2, 0.25) is 6.04 Å². The topological polar surface area (TPSA) is 66.0 Å². The van der Waals surface area contributed by atoms with Crippen LogP contribution in [0.3, 0.4) is 0 Å². The highest BCUT2D eigenvalue weighted by Crippen LogP contribution is 2.15. The fourth-order valence-corrected chi connectivity index (χ4v) is 3.27. The van der Waals surface area contributed by atoms with Crippen molar-refractivity contribution in [2.75, 3.05) is 34.5 Å². The van der Waals surface area contributed by atoms with Crippen molar-refractivity contribution in [2.45, 2.75) is 19.4 Å². The number of carbonyl (C=O) groups excluding carboxylic acids is 1. The summed E-state index contributed by atoms with van der Waals surface area (Å²) in [5.74, 6) is 0. The van der Waals surface area contributed by atoms with Crippen LogP contribution in [0.1, 0.15) is 13.3 Å². The van der Waals surface area contributed by atoms with Crippen molar-refractivity contribution >= 4 is 14.9 Å². The van der Waals surface area contributed by atoms with Gasteiger partial charge in [-0.05, 0) is 13.3 Å². The summed E-state index contributed by atoms with van der Waals surface area (Å²) >= 11 is 0. The van der Waals surface area contributed by atoms with Gasteiger partial charge in [-0.1, -0.05) is 0 Å². The molecule has 16 heavy (non-hydrogen) atoms. The molecule has 0 saturated carbocycles. The van der Waals surface area contributed by atoms with Gasteiger partial charge in [0.1, 0.15) is 0 Å². The molecule has 7 heteroatoms. The molecular weight excluding hydrogens is 230 g/mol. The van der Waals surface area contributed by atoms with E-state index in [1.807, 2.05) is 6.92 Å². The van der Waals surface area contributed by atoms with Crippen LogP contribution >= 0.6 is 0 Å². The smallest absolute Gasteiger partial charge is 0.453 e. The molecule has 0 aliphatic carbocycles. The molecule has 0 unspecified atom stereocenters. The predicted octanol–water partition coefficient (Wildman–Crippen LogP) is 1.00. The van der Waals surface area contributed by atoms with E-state index in [4.69, 9.17) is 13.3 Å². The summed E-state index contributed by atoms with van der Waals surface area (Å²) in [5.41, 5.74) is 0. The minimum absolute atomic E-state index is 0.432. The molecule has 0 aromatic rings. The lowest BCUT2D eigenvalue weighted by atomic mass is 10.5. The third-order valence-electron chi connectivity index (χ3n) is 2.10. The first-order valence-electron chi connectivity index (χ1n) is 5.20. The molecule has 0 fully saturated rings. The summed E-state index contributed by atoms with van der Waals surface area (Å²) in [6.07, 6.45) is 0.293. The molecule has 0 rings (SSSR count). The molecule has 1 N–H and O–H groups in total. The van der Waals surface area contributed by atoms with Crippen molar-refractivity contribution in [1.82, 2.24) is 5.32 Å². The summed E-state index contributed by atoms with van der Waals surface area (Å²) in [6.45, 7) is 2.96. The minimum atomic E-state index is -2.52. The largest absolute Gasteiger partial charge is 0.500 e. The predicted molar refractivity (Wildman–Crippen MR) is 61.2 cm³/mol. The molecule has 0 aliphatic heterocycles. The summed E-state index contributed by atoms with van der Waals surface area (Å²) in [6, 6.07) is 0.665. The number of methoxy groups -OCH3 is 1. The van der Waals surface area contributed by atoms with E-state index in [2.05, 4.69) is 10.1 Å². The Morgan fingerprint density at radius 2 is 1.88 bits per heavy atom. The van der Waals surface area contributed by atoms with E-state index < -0.39 is 14.9 Å². The normalized spacial score (nSPS) is 11.2. The number of ether oxygens (including phenoxy) is 1. The second kappa shape index (κ2) is 8.51. The lowest BCUT2D eigenvalue weighted by Crippen LogP contribution is -2.44. The average molecular weight is 251 g/mol. The lowest BCUT2D eigenvalue weighted by molar-refractivity contribution is 0.103. The Kier molecular flexibility index (Phi) is 8.17. The maximum atomic E-state index is 10.8. The molecule has 1 amide bonds. The Hall–Kier alpha value is -0.633. The molecule has 0 radical (unpaired) electrons. The van der Waals surface area contributed by atoms with Gasteiger partial charge in [0.2, 0.25) is 0 Å². The third-order valence-corrected chi connectivity index (χ3v) is 5.04. The fourth-order valence-electron chi connectivity index (χ4n) is 1.26. The number of amides is 1. The molecule has 0 aromatic heterocycles. The minimum Gasteiger partial charge on any atom is -0.453 e. The number of nitrogens with one attached hydrogen (secondary N) is 1. The van der Waals surface area contributed by atoms with Gasteiger partial charge in [-0.15, -0.1) is 0 Å². The lowest BCUT2D eigenvalue weighted by Gasteiger charge is -2.25. The summed E-state index contributed by atoms with van der Waals surface area (Å²) in [5, 5.41) is 2.59. The van der Waals surface area contributed by atoms with Crippen LogP contribution in [-0.4, -0.2) is 49.4 Å². The Labute approximate surface area is 97.6 Å². The summed E-state index contributed by atoms with van der Waals surface area (Å²) < 4.78 is 20.6. The maximum absolute atomic E-state index is 10.8. The Morgan fingerprint density at radius 1 is 1.25 bits per heavy atom. The number of carbonyl (C=O) groups is 1. The standard InChI is InChI=1S/C9H21NO5Si/c1-5-15-16(13-3,14-4)8-6-7-10-9(11)12-2/h5-8H2,1-4H3,(H,10,11). The number of rotatable bonds is 8. The van der Waals surface area contributed by atoms with E-state index in [0.29, 0.717) is 19.2 Å². The van der Waals surface area contributed by atoms with Gasteiger partial charge in [-0.25, -0.2) is 4.79 Å². The van der Waals surface area contributed by atoms with Gasteiger partial charge < -0.3 is 23.3 Å². The Bertz CT molecular complexity index is 198. The number of alkyl carbamates (subject to hydrolysis) is 1. The SMILES string of the molecule is CCO[Si](CCCNC(=O)OC)(OC)OC. The molecule has 0 saturated heterocycles. The third kappa shape index (κ3) is 5.45. The van der Waals surface area contributed by atoms with Gasteiger partial charge in [0, 0.05) is 33.4 Å². The monoisotopic (exact) mass is 251 g/mol. The average Bonchev–Trinajstić information content (AvgIpc) is 2.32. The second-order valence-corrected chi connectivity index (χ2v) is 6.02. The second-order valence-electron chi connectivity index (χ2n) is 3.05. The maximum Gasteiger partial charge on any atom is 0.500 e. The fraction of sp³-hybridized carbons (Fsp3) is 0.889. The van der Waals surface area contributed by atoms with Crippen molar-refractivity contribution < 1.29 is 22.8 Å². The summed E-state index contributed by atoms with van der Waals surface area (Å²) in [7, 11) is 1.98. The molecule has 6 nitrogen and oxygen atoms in total. The van der Waals surface area contributed by atoms with E-state index in [0.717, 1.165) is 6.42 Å². The van der Waals surface area contributed by atoms with Crippen molar-refractivity contribution in [1.29, 1.82) is 0 Å². The van der Waals surface area contributed by atoms with Crippen molar-refractivity contribution in [2.24, 2.45) is 0 Å². The highest BCUT2D eigenvalue weighted by molar-refractivity contribution is 6.60. The quantitative estimate of drug-likeness (QED) is 0.515. The highest BCUT2D eigenvalue weighted by atomic mass is 28.4. The van der Waals surface area contributed by atoms with Gasteiger partial charge in [-0.3, -0.25) is 0 Å². The van der Waals surface area contributed by atoms with Crippen molar-refractivity contribution in [3.05, 3.63) is 0 Å². The molecule has 0 heterocycles. The zero-order valence-electron chi connectivity index (χ0n) is 10.4. The molecule has 0 aromatic carbocycles.